The monoisotopic (exact) mass is 224 g/mol. The molecule has 0 saturated carbocycles. The molecule has 1 N–H and O–H groups in total. The maximum absolute atomic E-state index is 8.97. The van der Waals surface area contributed by atoms with Crippen molar-refractivity contribution < 1.29 is 5.21 Å². The van der Waals surface area contributed by atoms with Gasteiger partial charge in [0.2, 0.25) is 0 Å². The number of allylic oxidation sites excluding steroid dienone is 1. The van der Waals surface area contributed by atoms with Crippen LogP contribution >= 0.6 is 0 Å². The fourth-order valence-electron chi connectivity index (χ4n) is 1.44. The van der Waals surface area contributed by atoms with Crippen molar-refractivity contribution in [2.75, 3.05) is 0 Å². The third-order valence-corrected chi connectivity index (χ3v) is 2.30. The van der Waals surface area contributed by atoms with E-state index in [1.165, 1.54) is 0 Å². The molecule has 3 heteroatoms. The van der Waals surface area contributed by atoms with Crippen LogP contribution in [-0.4, -0.2) is 15.9 Å². The van der Waals surface area contributed by atoms with Gasteiger partial charge in [-0.3, -0.25) is 4.98 Å². The molecule has 17 heavy (non-hydrogen) atoms. The first-order valence-electron chi connectivity index (χ1n) is 5.26. The van der Waals surface area contributed by atoms with Gasteiger partial charge in [-0.2, -0.15) is 0 Å². The SMILES string of the molecule is O/N=C(\C=C\c1ccccc1)c1cccnc1. The minimum atomic E-state index is 0.488. The molecule has 0 bridgehead atoms. The highest BCUT2D eigenvalue weighted by molar-refractivity contribution is 6.10. The van der Waals surface area contributed by atoms with Crippen LogP contribution in [0.4, 0.5) is 0 Å². The van der Waals surface area contributed by atoms with E-state index < -0.39 is 0 Å². The van der Waals surface area contributed by atoms with Gasteiger partial charge < -0.3 is 5.21 Å². The predicted octanol–water partition coefficient (Wildman–Crippen LogP) is 2.97. The topological polar surface area (TPSA) is 45.5 Å². The zero-order chi connectivity index (χ0) is 11.9. The summed E-state index contributed by atoms with van der Waals surface area (Å²) >= 11 is 0. The van der Waals surface area contributed by atoms with Gasteiger partial charge in [-0.1, -0.05) is 41.6 Å². The molecule has 2 rings (SSSR count). The Morgan fingerprint density at radius 3 is 2.59 bits per heavy atom. The third-order valence-electron chi connectivity index (χ3n) is 2.30. The van der Waals surface area contributed by atoms with Gasteiger partial charge in [0.1, 0.15) is 5.71 Å². The second-order valence-corrected chi connectivity index (χ2v) is 3.47. The minimum Gasteiger partial charge on any atom is -0.410 e. The molecule has 0 fully saturated rings. The molecule has 84 valence electrons. The third kappa shape index (κ3) is 3.01. The Balaban J connectivity index is 2.20. The Bertz CT molecular complexity index is 518. The number of pyridine rings is 1. The lowest BCUT2D eigenvalue weighted by atomic mass is 10.1. The first kappa shape index (κ1) is 11.1. The fourth-order valence-corrected chi connectivity index (χ4v) is 1.44. The van der Waals surface area contributed by atoms with Crippen molar-refractivity contribution in [2.45, 2.75) is 0 Å². The molecule has 0 aliphatic rings. The van der Waals surface area contributed by atoms with E-state index in [9.17, 15) is 0 Å². The van der Waals surface area contributed by atoms with Crippen LogP contribution in [0.3, 0.4) is 0 Å². The number of oxime groups is 1. The van der Waals surface area contributed by atoms with Crippen molar-refractivity contribution >= 4 is 11.8 Å². The van der Waals surface area contributed by atoms with Gasteiger partial charge >= 0.3 is 0 Å². The van der Waals surface area contributed by atoms with Gasteiger partial charge in [0, 0.05) is 18.0 Å². The summed E-state index contributed by atoms with van der Waals surface area (Å²) in [5.41, 5.74) is 2.32. The first-order chi connectivity index (χ1) is 8.40. The molecule has 0 amide bonds. The second-order valence-electron chi connectivity index (χ2n) is 3.47. The van der Waals surface area contributed by atoms with Crippen molar-refractivity contribution in [3.63, 3.8) is 0 Å². The molecule has 0 saturated heterocycles. The molecule has 1 heterocycles. The van der Waals surface area contributed by atoms with Crippen molar-refractivity contribution in [3.05, 3.63) is 72.1 Å². The highest BCUT2D eigenvalue weighted by atomic mass is 16.4. The van der Waals surface area contributed by atoms with E-state index in [1.54, 1.807) is 24.5 Å². The maximum Gasteiger partial charge on any atom is 0.111 e. The Morgan fingerprint density at radius 2 is 1.94 bits per heavy atom. The minimum absolute atomic E-state index is 0.488. The number of rotatable bonds is 3. The predicted molar refractivity (Wildman–Crippen MR) is 68.0 cm³/mol. The molecule has 1 aromatic heterocycles. The Labute approximate surface area is 99.8 Å². The summed E-state index contributed by atoms with van der Waals surface area (Å²) in [7, 11) is 0. The van der Waals surface area contributed by atoms with Crippen LogP contribution < -0.4 is 0 Å². The Morgan fingerprint density at radius 1 is 1.12 bits per heavy atom. The molecule has 0 atom stereocenters. The van der Waals surface area contributed by atoms with E-state index >= 15 is 0 Å². The van der Waals surface area contributed by atoms with Gasteiger partial charge in [-0.25, -0.2) is 0 Å². The zero-order valence-electron chi connectivity index (χ0n) is 9.19. The van der Waals surface area contributed by atoms with Crippen LogP contribution in [0, 0.1) is 0 Å². The summed E-state index contributed by atoms with van der Waals surface area (Å²) in [5.74, 6) is 0. The second kappa shape index (κ2) is 5.61. The average molecular weight is 224 g/mol. The normalized spacial score (nSPS) is 11.9. The largest absolute Gasteiger partial charge is 0.410 e. The van der Waals surface area contributed by atoms with Crippen LogP contribution in [0.2, 0.25) is 0 Å². The van der Waals surface area contributed by atoms with E-state index in [1.807, 2.05) is 42.5 Å². The molecule has 2 aromatic rings. The number of aromatic nitrogens is 1. The van der Waals surface area contributed by atoms with Gasteiger partial charge in [0.05, 0.1) is 0 Å². The summed E-state index contributed by atoms with van der Waals surface area (Å²) < 4.78 is 0. The van der Waals surface area contributed by atoms with Crippen molar-refractivity contribution in [1.29, 1.82) is 0 Å². The van der Waals surface area contributed by atoms with Gasteiger partial charge in [-0.15, -0.1) is 0 Å². The van der Waals surface area contributed by atoms with Gasteiger partial charge in [-0.05, 0) is 23.8 Å². The zero-order valence-corrected chi connectivity index (χ0v) is 9.19. The van der Waals surface area contributed by atoms with Crippen LogP contribution in [0.5, 0.6) is 0 Å². The Hall–Kier alpha value is -2.42. The van der Waals surface area contributed by atoms with Crippen molar-refractivity contribution in [3.8, 4) is 0 Å². The molecule has 0 aliphatic heterocycles. The van der Waals surface area contributed by atoms with Gasteiger partial charge in [0.15, 0.2) is 0 Å². The molecule has 0 spiro atoms. The summed E-state index contributed by atoms with van der Waals surface area (Å²) in [6.45, 7) is 0. The van der Waals surface area contributed by atoms with E-state index in [2.05, 4.69) is 10.1 Å². The van der Waals surface area contributed by atoms with E-state index in [-0.39, 0.29) is 0 Å². The van der Waals surface area contributed by atoms with E-state index in [0.717, 1.165) is 11.1 Å². The number of hydrogen-bond acceptors (Lipinski definition) is 3. The number of hydrogen-bond donors (Lipinski definition) is 1. The molecular formula is C14H12N2O. The van der Waals surface area contributed by atoms with Crippen LogP contribution in [-0.2, 0) is 0 Å². The molecule has 0 unspecified atom stereocenters. The number of nitrogens with zero attached hydrogens (tertiary/aromatic N) is 2. The van der Waals surface area contributed by atoms with Crippen LogP contribution in [0.25, 0.3) is 6.08 Å². The molecular weight excluding hydrogens is 212 g/mol. The molecule has 1 aromatic carbocycles. The smallest absolute Gasteiger partial charge is 0.111 e. The lowest BCUT2D eigenvalue weighted by Gasteiger charge is -1.97. The van der Waals surface area contributed by atoms with Crippen LogP contribution in [0.1, 0.15) is 11.1 Å². The van der Waals surface area contributed by atoms with Crippen molar-refractivity contribution in [2.24, 2.45) is 5.16 Å². The van der Waals surface area contributed by atoms with E-state index in [0.29, 0.717) is 5.71 Å². The summed E-state index contributed by atoms with van der Waals surface area (Å²) in [4.78, 5) is 3.98. The average Bonchev–Trinajstić information content (AvgIpc) is 2.42. The highest BCUT2D eigenvalue weighted by Crippen LogP contribution is 2.05. The summed E-state index contributed by atoms with van der Waals surface area (Å²) in [6.07, 6.45) is 6.98. The molecule has 0 aliphatic carbocycles. The lowest BCUT2D eigenvalue weighted by molar-refractivity contribution is 0.320. The summed E-state index contributed by atoms with van der Waals surface area (Å²) in [5, 5.41) is 12.2. The summed E-state index contributed by atoms with van der Waals surface area (Å²) in [6, 6.07) is 13.5. The quantitative estimate of drug-likeness (QED) is 0.495. The van der Waals surface area contributed by atoms with Crippen molar-refractivity contribution in [1.82, 2.24) is 4.98 Å². The fraction of sp³-hybridized carbons (Fsp3) is 0. The maximum atomic E-state index is 8.97. The Kier molecular flexibility index (Phi) is 3.65. The van der Waals surface area contributed by atoms with Gasteiger partial charge in [0.25, 0.3) is 0 Å². The lowest BCUT2D eigenvalue weighted by Crippen LogP contribution is -1.96. The standard InChI is InChI=1S/C14H12N2O/c17-16-14(13-7-4-10-15-11-13)9-8-12-5-2-1-3-6-12/h1-11,17H/b9-8+,16-14+. The molecule has 3 nitrogen and oxygen atoms in total. The first-order valence-corrected chi connectivity index (χ1v) is 5.26. The highest BCUT2D eigenvalue weighted by Gasteiger charge is 1.99. The van der Waals surface area contributed by atoms with E-state index in [4.69, 9.17) is 5.21 Å². The van der Waals surface area contributed by atoms with Crippen LogP contribution in [0.15, 0.2) is 66.1 Å². The molecule has 0 radical (unpaired) electrons. The number of benzene rings is 1.